The minimum atomic E-state index is 0.205. The Morgan fingerprint density at radius 1 is 1.10 bits per heavy atom. The van der Waals surface area contributed by atoms with Gasteiger partial charge >= 0.3 is 0 Å². The largest absolute Gasteiger partial charge is 0.341 e. The van der Waals surface area contributed by atoms with Crippen LogP contribution < -0.4 is 5.32 Å². The van der Waals surface area contributed by atoms with E-state index in [0.29, 0.717) is 31.8 Å². The molecular formula is C15H27N3O2. The van der Waals surface area contributed by atoms with E-state index >= 15 is 0 Å². The number of nitrogens with zero attached hydrogens (tertiary/aromatic N) is 2. The van der Waals surface area contributed by atoms with Gasteiger partial charge in [-0.05, 0) is 38.3 Å². The monoisotopic (exact) mass is 281 g/mol. The summed E-state index contributed by atoms with van der Waals surface area (Å²) in [5.74, 6) is 1.14. The zero-order chi connectivity index (χ0) is 14.4. The molecule has 0 aromatic rings. The van der Waals surface area contributed by atoms with Crippen molar-refractivity contribution in [3.63, 3.8) is 0 Å². The number of nitrogens with one attached hydrogen (secondary N) is 1. The number of rotatable bonds is 4. The number of amides is 2. The highest BCUT2D eigenvalue weighted by atomic mass is 16.2. The van der Waals surface area contributed by atoms with Gasteiger partial charge in [-0.3, -0.25) is 9.59 Å². The van der Waals surface area contributed by atoms with Crippen molar-refractivity contribution in [3.05, 3.63) is 0 Å². The molecule has 2 aliphatic rings. The fourth-order valence-electron chi connectivity index (χ4n) is 3.09. The molecule has 2 fully saturated rings. The minimum absolute atomic E-state index is 0.205. The first-order valence-corrected chi connectivity index (χ1v) is 7.97. The van der Waals surface area contributed by atoms with Crippen molar-refractivity contribution in [1.29, 1.82) is 0 Å². The topological polar surface area (TPSA) is 52.7 Å². The molecule has 0 aromatic carbocycles. The van der Waals surface area contributed by atoms with E-state index in [0.717, 1.165) is 39.0 Å². The van der Waals surface area contributed by atoms with Gasteiger partial charge in [-0.25, -0.2) is 0 Å². The predicted octanol–water partition coefficient (Wildman–Crippen LogP) is 0.847. The Hall–Kier alpha value is -1.10. The van der Waals surface area contributed by atoms with Crippen LogP contribution in [0, 0.1) is 5.92 Å². The number of hydrogen-bond donors (Lipinski definition) is 1. The van der Waals surface area contributed by atoms with Gasteiger partial charge in [0.2, 0.25) is 11.8 Å². The lowest BCUT2D eigenvalue weighted by Gasteiger charge is -2.22. The molecule has 2 aliphatic heterocycles. The lowest BCUT2D eigenvalue weighted by atomic mass is 10.0. The molecule has 0 saturated carbocycles. The van der Waals surface area contributed by atoms with Gasteiger partial charge in [0, 0.05) is 39.0 Å². The van der Waals surface area contributed by atoms with E-state index in [1.54, 1.807) is 0 Å². The number of carbonyl (C=O) groups excluding carboxylic acids is 2. The second-order valence-corrected chi connectivity index (χ2v) is 5.87. The van der Waals surface area contributed by atoms with Gasteiger partial charge in [-0.1, -0.05) is 6.92 Å². The molecule has 0 bridgehead atoms. The normalized spacial score (nSPS) is 23.8. The molecule has 0 spiro atoms. The van der Waals surface area contributed by atoms with Crippen LogP contribution in [0.1, 0.15) is 39.0 Å². The van der Waals surface area contributed by atoms with Crippen molar-refractivity contribution in [2.24, 2.45) is 5.92 Å². The fourth-order valence-corrected chi connectivity index (χ4v) is 3.09. The van der Waals surface area contributed by atoms with Crippen molar-refractivity contribution in [2.75, 3.05) is 39.3 Å². The SMILES string of the molecule is CCC(=O)N1CCCN(C(=O)CCC2CCNC2)CC1. The van der Waals surface area contributed by atoms with Crippen LogP contribution in [0.5, 0.6) is 0 Å². The number of hydrogen-bond acceptors (Lipinski definition) is 3. The Labute approximate surface area is 121 Å². The van der Waals surface area contributed by atoms with Crippen LogP contribution in [0.3, 0.4) is 0 Å². The standard InChI is InChI=1S/C15H27N3O2/c1-2-14(19)17-8-3-9-18(11-10-17)15(20)5-4-13-6-7-16-12-13/h13,16H,2-12H2,1H3. The molecule has 1 unspecified atom stereocenters. The van der Waals surface area contributed by atoms with Crippen molar-refractivity contribution < 1.29 is 9.59 Å². The third-order valence-corrected chi connectivity index (χ3v) is 4.43. The Kier molecular flexibility index (Phi) is 5.83. The lowest BCUT2D eigenvalue weighted by molar-refractivity contribution is -0.133. The highest BCUT2D eigenvalue weighted by Gasteiger charge is 2.22. The van der Waals surface area contributed by atoms with Gasteiger partial charge in [0.15, 0.2) is 0 Å². The molecule has 1 N–H and O–H groups in total. The van der Waals surface area contributed by atoms with E-state index in [-0.39, 0.29) is 11.8 Å². The Morgan fingerprint density at radius 3 is 2.40 bits per heavy atom. The maximum Gasteiger partial charge on any atom is 0.222 e. The first-order valence-electron chi connectivity index (χ1n) is 7.97. The quantitative estimate of drug-likeness (QED) is 0.831. The van der Waals surface area contributed by atoms with Gasteiger partial charge < -0.3 is 15.1 Å². The minimum Gasteiger partial charge on any atom is -0.341 e. The summed E-state index contributed by atoms with van der Waals surface area (Å²) in [6.07, 6.45) is 4.32. The molecule has 0 aliphatic carbocycles. The molecule has 5 nitrogen and oxygen atoms in total. The van der Waals surface area contributed by atoms with Crippen LogP contribution in [0.4, 0.5) is 0 Å². The zero-order valence-electron chi connectivity index (χ0n) is 12.6. The van der Waals surface area contributed by atoms with Crippen LogP contribution in [0.25, 0.3) is 0 Å². The van der Waals surface area contributed by atoms with Crippen LogP contribution in [0.15, 0.2) is 0 Å². The molecule has 20 heavy (non-hydrogen) atoms. The molecule has 2 rings (SSSR count). The Morgan fingerprint density at radius 2 is 1.80 bits per heavy atom. The van der Waals surface area contributed by atoms with Gasteiger partial charge in [0.1, 0.15) is 0 Å². The molecule has 0 radical (unpaired) electrons. The van der Waals surface area contributed by atoms with E-state index < -0.39 is 0 Å². The first-order chi connectivity index (χ1) is 9.70. The molecule has 1 atom stereocenters. The second kappa shape index (κ2) is 7.62. The average molecular weight is 281 g/mol. The van der Waals surface area contributed by atoms with E-state index in [9.17, 15) is 9.59 Å². The summed E-state index contributed by atoms with van der Waals surface area (Å²) < 4.78 is 0. The highest BCUT2D eigenvalue weighted by molar-refractivity contribution is 5.77. The summed E-state index contributed by atoms with van der Waals surface area (Å²) in [5, 5.41) is 3.34. The summed E-state index contributed by atoms with van der Waals surface area (Å²) in [7, 11) is 0. The van der Waals surface area contributed by atoms with E-state index in [2.05, 4.69) is 5.32 Å². The van der Waals surface area contributed by atoms with Crippen molar-refractivity contribution >= 4 is 11.8 Å². The van der Waals surface area contributed by atoms with Gasteiger partial charge in [-0.15, -0.1) is 0 Å². The third-order valence-electron chi connectivity index (χ3n) is 4.43. The van der Waals surface area contributed by atoms with Gasteiger partial charge in [-0.2, -0.15) is 0 Å². The average Bonchev–Trinajstić information content (AvgIpc) is 2.86. The van der Waals surface area contributed by atoms with Crippen LogP contribution in [-0.2, 0) is 9.59 Å². The van der Waals surface area contributed by atoms with Crippen LogP contribution >= 0.6 is 0 Å². The molecule has 2 amide bonds. The summed E-state index contributed by atoms with van der Waals surface area (Å²) >= 11 is 0. The van der Waals surface area contributed by atoms with Crippen LogP contribution in [0.2, 0.25) is 0 Å². The highest BCUT2D eigenvalue weighted by Crippen LogP contribution is 2.16. The van der Waals surface area contributed by atoms with E-state index in [1.807, 2.05) is 16.7 Å². The Bertz CT molecular complexity index is 340. The predicted molar refractivity (Wildman–Crippen MR) is 78.3 cm³/mol. The summed E-state index contributed by atoms with van der Waals surface area (Å²) in [6, 6.07) is 0. The zero-order valence-corrected chi connectivity index (χ0v) is 12.6. The Balaban J connectivity index is 1.74. The van der Waals surface area contributed by atoms with E-state index in [4.69, 9.17) is 0 Å². The molecule has 2 heterocycles. The second-order valence-electron chi connectivity index (χ2n) is 5.87. The summed E-state index contributed by atoms with van der Waals surface area (Å²) in [6.45, 7) is 7.05. The molecule has 114 valence electrons. The van der Waals surface area contributed by atoms with Crippen molar-refractivity contribution in [2.45, 2.75) is 39.0 Å². The molecule has 2 saturated heterocycles. The van der Waals surface area contributed by atoms with Crippen LogP contribution in [-0.4, -0.2) is 60.9 Å². The summed E-state index contributed by atoms with van der Waals surface area (Å²) in [4.78, 5) is 27.8. The smallest absolute Gasteiger partial charge is 0.222 e. The lowest BCUT2D eigenvalue weighted by Crippen LogP contribution is -2.37. The van der Waals surface area contributed by atoms with Crippen molar-refractivity contribution in [1.82, 2.24) is 15.1 Å². The van der Waals surface area contributed by atoms with Gasteiger partial charge in [0.25, 0.3) is 0 Å². The molecular weight excluding hydrogens is 254 g/mol. The fraction of sp³-hybridized carbons (Fsp3) is 0.867. The third kappa shape index (κ3) is 4.20. The van der Waals surface area contributed by atoms with E-state index in [1.165, 1.54) is 6.42 Å². The maximum atomic E-state index is 12.3. The van der Waals surface area contributed by atoms with Gasteiger partial charge in [0.05, 0.1) is 0 Å². The van der Waals surface area contributed by atoms with Crippen molar-refractivity contribution in [3.8, 4) is 0 Å². The number of carbonyl (C=O) groups is 2. The molecule has 0 aromatic heterocycles. The maximum absolute atomic E-state index is 12.3. The molecule has 5 heteroatoms. The first kappa shape index (κ1) is 15.3. The summed E-state index contributed by atoms with van der Waals surface area (Å²) in [5.41, 5.74) is 0.